The van der Waals surface area contributed by atoms with Crippen LogP contribution in [0.5, 0.6) is 0 Å². The zero-order chi connectivity index (χ0) is 28.2. The van der Waals surface area contributed by atoms with Gasteiger partial charge in [0.25, 0.3) is 0 Å². The summed E-state index contributed by atoms with van der Waals surface area (Å²) in [7, 11) is 2.54. The molecule has 1 unspecified atom stereocenters. The van der Waals surface area contributed by atoms with Crippen molar-refractivity contribution in [3.8, 4) is 0 Å². The van der Waals surface area contributed by atoms with Gasteiger partial charge in [-0.1, -0.05) is 96.8 Å². The van der Waals surface area contributed by atoms with Gasteiger partial charge in [-0.05, 0) is 37.7 Å². The van der Waals surface area contributed by atoms with E-state index in [2.05, 4.69) is 6.92 Å². The zero-order valence-corrected chi connectivity index (χ0v) is 27.5. The molecule has 0 radical (unpaired) electrons. The summed E-state index contributed by atoms with van der Waals surface area (Å²) in [6.45, 7) is 5.29. The smallest absolute Gasteiger partial charge is 0.463 e. The molecule has 0 aromatic heterocycles. The largest absolute Gasteiger partial charge is 0.500 e. The van der Waals surface area contributed by atoms with E-state index in [4.69, 9.17) is 22.8 Å². The third-order valence-electron chi connectivity index (χ3n) is 7.00. The Bertz CT molecular complexity index is 499. The number of carbonyl (C=O) groups excluding carboxylic acids is 1. The highest BCUT2D eigenvalue weighted by atomic mass is 32.2. The molecule has 0 heterocycles. The van der Waals surface area contributed by atoms with Crippen molar-refractivity contribution >= 4 is 26.5 Å². The number of hydrogen-bond donors (Lipinski definition) is 0. The minimum atomic E-state index is -2.43. The van der Waals surface area contributed by atoms with E-state index < -0.39 is 8.80 Å². The SMILES string of the molecule is CCCCCCCCCCCCCCCCCC(=O)OCC(C)OCCCSCCC[Si](OC)(OC)OC. The molecule has 38 heavy (non-hydrogen) atoms. The first kappa shape index (κ1) is 37.9. The Kier molecular flexibility index (Phi) is 28.3. The lowest BCUT2D eigenvalue weighted by Gasteiger charge is -2.24. The Morgan fingerprint density at radius 2 is 1.16 bits per heavy atom. The molecule has 8 heteroatoms. The fourth-order valence-corrected chi connectivity index (χ4v) is 7.32. The average molecular weight is 579 g/mol. The van der Waals surface area contributed by atoms with E-state index >= 15 is 0 Å². The molecule has 0 saturated heterocycles. The van der Waals surface area contributed by atoms with Crippen LogP contribution in [0, 0.1) is 0 Å². The molecule has 0 aliphatic rings. The first-order valence-corrected chi connectivity index (χ1v) is 18.6. The average Bonchev–Trinajstić information content (AvgIpc) is 2.93. The van der Waals surface area contributed by atoms with Crippen LogP contribution in [0.4, 0.5) is 0 Å². The summed E-state index contributed by atoms with van der Waals surface area (Å²) < 4.78 is 27.5. The summed E-state index contributed by atoms with van der Waals surface area (Å²) in [6.07, 6.45) is 22.4. The maximum Gasteiger partial charge on any atom is 0.500 e. The molecule has 0 saturated carbocycles. The zero-order valence-electron chi connectivity index (χ0n) is 25.7. The van der Waals surface area contributed by atoms with Crippen LogP contribution in [-0.4, -0.2) is 66.9 Å². The molecule has 0 aromatic carbocycles. The molecule has 0 rings (SSSR count). The normalized spacial score (nSPS) is 12.7. The van der Waals surface area contributed by atoms with Crippen LogP contribution in [0.3, 0.4) is 0 Å². The van der Waals surface area contributed by atoms with Gasteiger partial charge >= 0.3 is 14.8 Å². The second-order valence-electron chi connectivity index (χ2n) is 10.4. The molecule has 6 nitrogen and oxygen atoms in total. The maximum absolute atomic E-state index is 12.0. The van der Waals surface area contributed by atoms with Crippen LogP contribution in [0.15, 0.2) is 0 Å². The standard InChI is InChI=1S/C30H62O6SSi/c1-6-7-8-9-10-11-12-13-14-15-16-17-18-19-20-23-30(31)36-28-29(2)35-24-21-25-37-26-22-27-38(32-3,33-4)34-5/h29H,6-28H2,1-5H3. The Balaban J connectivity index is 3.41. The Morgan fingerprint density at radius 3 is 1.66 bits per heavy atom. The van der Waals surface area contributed by atoms with Crippen molar-refractivity contribution in [3.05, 3.63) is 0 Å². The van der Waals surface area contributed by atoms with E-state index in [0.29, 0.717) is 19.6 Å². The van der Waals surface area contributed by atoms with Gasteiger partial charge < -0.3 is 22.8 Å². The van der Waals surface area contributed by atoms with Crippen molar-refractivity contribution in [2.75, 3.05) is 46.0 Å². The summed E-state index contributed by atoms with van der Waals surface area (Å²) in [5.41, 5.74) is 0. The third-order valence-corrected chi connectivity index (χ3v) is 11.0. The van der Waals surface area contributed by atoms with Crippen LogP contribution in [0.2, 0.25) is 6.04 Å². The summed E-state index contributed by atoms with van der Waals surface area (Å²) in [6, 6.07) is 0.835. The molecule has 0 aromatic rings. The number of thioether (sulfide) groups is 1. The van der Waals surface area contributed by atoms with Crippen LogP contribution >= 0.6 is 11.8 Å². The number of esters is 1. The maximum atomic E-state index is 12.0. The topological polar surface area (TPSA) is 63.2 Å². The van der Waals surface area contributed by atoms with Gasteiger partial charge in [0.2, 0.25) is 0 Å². The monoisotopic (exact) mass is 578 g/mol. The predicted molar refractivity (Wildman–Crippen MR) is 164 cm³/mol. The van der Waals surface area contributed by atoms with E-state index in [1.165, 1.54) is 83.5 Å². The highest BCUT2D eigenvalue weighted by Crippen LogP contribution is 2.18. The highest BCUT2D eigenvalue weighted by Gasteiger charge is 2.36. The van der Waals surface area contributed by atoms with Gasteiger partial charge in [-0.2, -0.15) is 11.8 Å². The molecule has 0 aliphatic heterocycles. The number of unbranched alkanes of at least 4 members (excludes halogenated alkanes) is 14. The van der Waals surface area contributed by atoms with E-state index in [-0.39, 0.29) is 12.1 Å². The van der Waals surface area contributed by atoms with Gasteiger partial charge in [0.05, 0.1) is 6.10 Å². The van der Waals surface area contributed by atoms with E-state index in [9.17, 15) is 4.79 Å². The Labute approximate surface area is 241 Å². The molecular formula is C30H62O6SSi. The van der Waals surface area contributed by atoms with Crippen LogP contribution in [0.1, 0.15) is 129 Å². The highest BCUT2D eigenvalue weighted by molar-refractivity contribution is 7.99. The van der Waals surface area contributed by atoms with Crippen LogP contribution < -0.4 is 0 Å². The van der Waals surface area contributed by atoms with Crippen molar-refractivity contribution in [2.45, 2.75) is 142 Å². The van der Waals surface area contributed by atoms with Gasteiger partial charge in [-0.25, -0.2) is 0 Å². The van der Waals surface area contributed by atoms with Gasteiger partial charge in [-0.15, -0.1) is 0 Å². The minimum absolute atomic E-state index is 0.0540. The summed E-state index contributed by atoms with van der Waals surface area (Å²) in [5, 5.41) is 0. The fraction of sp³-hybridized carbons (Fsp3) is 0.967. The van der Waals surface area contributed by atoms with Crippen molar-refractivity contribution < 1.29 is 27.5 Å². The van der Waals surface area contributed by atoms with Gasteiger partial charge in [-0.3, -0.25) is 4.79 Å². The van der Waals surface area contributed by atoms with Gasteiger partial charge in [0, 0.05) is 40.4 Å². The van der Waals surface area contributed by atoms with E-state index in [0.717, 1.165) is 43.2 Å². The molecule has 0 spiro atoms. The van der Waals surface area contributed by atoms with Crippen LogP contribution in [-0.2, 0) is 27.5 Å². The van der Waals surface area contributed by atoms with Crippen LogP contribution in [0.25, 0.3) is 0 Å². The van der Waals surface area contributed by atoms with Gasteiger partial charge in [0.1, 0.15) is 6.61 Å². The van der Waals surface area contributed by atoms with Crippen molar-refractivity contribution in [1.29, 1.82) is 0 Å². The summed E-state index contributed by atoms with van der Waals surface area (Å²) in [5.74, 6) is 2.01. The fourth-order valence-electron chi connectivity index (χ4n) is 4.47. The first-order valence-electron chi connectivity index (χ1n) is 15.5. The van der Waals surface area contributed by atoms with E-state index in [1.807, 2.05) is 18.7 Å². The predicted octanol–water partition coefficient (Wildman–Crippen LogP) is 8.59. The second-order valence-corrected chi connectivity index (χ2v) is 14.7. The molecule has 0 fully saturated rings. The van der Waals surface area contributed by atoms with Crippen molar-refractivity contribution in [1.82, 2.24) is 0 Å². The molecular weight excluding hydrogens is 516 g/mol. The number of ether oxygens (including phenoxy) is 2. The van der Waals surface area contributed by atoms with E-state index in [1.54, 1.807) is 21.3 Å². The van der Waals surface area contributed by atoms with Gasteiger partial charge in [0.15, 0.2) is 0 Å². The number of rotatable bonds is 30. The second kappa shape index (κ2) is 28.4. The first-order chi connectivity index (χ1) is 18.5. The van der Waals surface area contributed by atoms with Crippen molar-refractivity contribution in [3.63, 3.8) is 0 Å². The number of carbonyl (C=O) groups is 1. The molecule has 0 aliphatic carbocycles. The molecule has 228 valence electrons. The molecule has 0 N–H and O–H groups in total. The lowest BCUT2D eigenvalue weighted by Crippen LogP contribution is -2.42. The minimum Gasteiger partial charge on any atom is -0.463 e. The van der Waals surface area contributed by atoms with Crippen molar-refractivity contribution in [2.24, 2.45) is 0 Å². The lowest BCUT2D eigenvalue weighted by molar-refractivity contribution is -0.147. The Hall–Kier alpha value is -0.123. The quantitative estimate of drug-likeness (QED) is 0.0480. The summed E-state index contributed by atoms with van der Waals surface area (Å²) in [4.78, 5) is 12.0. The lowest BCUT2D eigenvalue weighted by atomic mass is 10.0. The molecule has 0 amide bonds. The number of hydrogen-bond acceptors (Lipinski definition) is 7. The third kappa shape index (κ3) is 23.7. The Morgan fingerprint density at radius 1 is 0.684 bits per heavy atom. The molecule has 0 bridgehead atoms. The summed E-state index contributed by atoms with van der Waals surface area (Å²) >= 11 is 1.91. The molecule has 1 atom stereocenters.